The van der Waals surface area contributed by atoms with Crippen molar-refractivity contribution in [1.82, 2.24) is 0 Å². The zero-order chi connectivity index (χ0) is 15.4. The Morgan fingerprint density at radius 1 is 0.545 bits per heavy atom. The van der Waals surface area contributed by atoms with Gasteiger partial charge in [0.1, 0.15) is 11.5 Å². The average molecular weight is 288 g/mol. The lowest BCUT2D eigenvalue weighted by molar-refractivity contribution is 0.482. The second-order valence-corrected chi connectivity index (χ2v) is 5.72. The number of ether oxygens (including phenoxy) is 1. The summed E-state index contributed by atoms with van der Waals surface area (Å²) in [7, 11) is 0. The largest absolute Gasteiger partial charge is 0.457 e. The Morgan fingerprint density at radius 2 is 0.909 bits per heavy atom. The Kier molecular flexibility index (Phi) is 4.24. The second kappa shape index (κ2) is 6.48. The number of benzene rings is 3. The fourth-order valence-electron chi connectivity index (χ4n) is 2.36. The van der Waals surface area contributed by atoms with Gasteiger partial charge in [0.15, 0.2) is 0 Å². The first-order valence-electron chi connectivity index (χ1n) is 7.58. The summed E-state index contributed by atoms with van der Waals surface area (Å²) >= 11 is 0. The van der Waals surface area contributed by atoms with Crippen molar-refractivity contribution in [2.24, 2.45) is 0 Å². The molecule has 3 aromatic rings. The summed E-state index contributed by atoms with van der Waals surface area (Å²) in [6.45, 7) is 4.19. The molecular formula is C21H20O. The minimum atomic E-state index is 0.872. The first kappa shape index (κ1) is 14.4. The molecule has 110 valence electrons. The van der Waals surface area contributed by atoms with E-state index in [0.717, 1.165) is 17.9 Å². The van der Waals surface area contributed by atoms with Gasteiger partial charge < -0.3 is 4.74 Å². The fraction of sp³-hybridized carbons (Fsp3) is 0.143. The molecule has 0 atom stereocenters. The van der Waals surface area contributed by atoms with Crippen molar-refractivity contribution >= 4 is 0 Å². The van der Waals surface area contributed by atoms with Crippen LogP contribution in [0.1, 0.15) is 22.3 Å². The van der Waals surface area contributed by atoms with Crippen LogP contribution in [0.2, 0.25) is 0 Å². The molecule has 0 radical (unpaired) electrons. The van der Waals surface area contributed by atoms with Crippen molar-refractivity contribution in [2.45, 2.75) is 20.3 Å². The molecule has 3 aromatic carbocycles. The summed E-state index contributed by atoms with van der Waals surface area (Å²) in [6, 6.07) is 25.1. The van der Waals surface area contributed by atoms with Crippen LogP contribution in [0.15, 0.2) is 72.8 Å². The van der Waals surface area contributed by atoms with Crippen molar-refractivity contribution in [3.05, 3.63) is 95.1 Å². The molecule has 0 amide bonds. The lowest BCUT2D eigenvalue weighted by Crippen LogP contribution is -1.89. The summed E-state index contributed by atoms with van der Waals surface area (Å²) in [6.07, 6.45) is 0.949. The third-order valence-electron chi connectivity index (χ3n) is 3.71. The van der Waals surface area contributed by atoms with Crippen LogP contribution in [0.25, 0.3) is 0 Å². The molecule has 0 bridgehead atoms. The van der Waals surface area contributed by atoms with Gasteiger partial charge in [-0.15, -0.1) is 0 Å². The van der Waals surface area contributed by atoms with Gasteiger partial charge in [-0.3, -0.25) is 0 Å². The summed E-state index contributed by atoms with van der Waals surface area (Å²) in [5.41, 5.74) is 5.16. The highest BCUT2D eigenvalue weighted by molar-refractivity contribution is 5.36. The van der Waals surface area contributed by atoms with E-state index in [4.69, 9.17) is 4.74 Å². The summed E-state index contributed by atoms with van der Waals surface area (Å²) in [5.74, 6) is 1.74. The first-order valence-corrected chi connectivity index (χ1v) is 7.58. The number of rotatable bonds is 4. The number of hydrogen-bond donors (Lipinski definition) is 0. The SMILES string of the molecule is Cc1ccc(Cc2ccc(Oc3ccc(C)cc3)cc2)cc1. The van der Waals surface area contributed by atoms with E-state index in [9.17, 15) is 0 Å². The van der Waals surface area contributed by atoms with Crippen molar-refractivity contribution in [3.63, 3.8) is 0 Å². The highest BCUT2D eigenvalue weighted by Gasteiger charge is 2.00. The first-order chi connectivity index (χ1) is 10.7. The molecule has 0 saturated carbocycles. The van der Waals surface area contributed by atoms with Crippen LogP contribution < -0.4 is 4.74 Å². The smallest absolute Gasteiger partial charge is 0.127 e. The maximum atomic E-state index is 5.85. The topological polar surface area (TPSA) is 9.23 Å². The van der Waals surface area contributed by atoms with E-state index in [1.807, 2.05) is 24.3 Å². The molecule has 0 aromatic heterocycles. The molecular weight excluding hydrogens is 268 g/mol. The lowest BCUT2D eigenvalue weighted by Gasteiger charge is -2.07. The van der Waals surface area contributed by atoms with E-state index >= 15 is 0 Å². The van der Waals surface area contributed by atoms with Crippen LogP contribution in [0.3, 0.4) is 0 Å². The van der Waals surface area contributed by atoms with Gasteiger partial charge in [0, 0.05) is 0 Å². The molecule has 3 rings (SSSR count). The average Bonchev–Trinajstić information content (AvgIpc) is 2.54. The van der Waals surface area contributed by atoms with E-state index in [2.05, 4.69) is 62.4 Å². The predicted octanol–water partition coefficient (Wildman–Crippen LogP) is 5.69. The van der Waals surface area contributed by atoms with Gasteiger partial charge in [-0.05, 0) is 55.7 Å². The molecule has 0 aliphatic rings. The Labute approximate surface area is 132 Å². The van der Waals surface area contributed by atoms with Gasteiger partial charge in [0.05, 0.1) is 0 Å². The normalized spacial score (nSPS) is 10.5. The van der Waals surface area contributed by atoms with Crippen LogP contribution in [-0.4, -0.2) is 0 Å². The molecule has 0 aliphatic heterocycles. The predicted molar refractivity (Wildman–Crippen MR) is 91.7 cm³/mol. The Morgan fingerprint density at radius 3 is 1.41 bits per heavy atom. The van der Waals surface area contributed by atoms with Crippen molar-refractivity contribution in [3.8, 4) is 11.5 Å². The highest BCUT2D eigenvalue weighted by Crippen LogP contribution is 2.22. The Balaban J connectivity index is 1.67. The van der Waals surface area contributed by atoms with Crippen LogP contribution in [0, 0.1) is 13.8 Å². The minimum absolute atomic E-state index is 0.872. The van der Waals surface area contributed by atoms with Gasteiger partial charge >= 0.3 is 0 Å². The van der Waals surface area contributed by atoms with Gasteiger partial charge in [0.25, 0.3) is 0 Å². The lowest BCUT2D eigenvalue weighted by atomic mass is 10.0. The molecule has 0 saturated heterocycles. The molecule has 0 N–H and O–H groups in total. The maximum absolute atomic E-state index is 5.85. The fourth-order valence-corrected chi connectivity index (χ4v) is 2.36. The molecule has 0 unspecified atom stereocenters. The number of aryl methyl sites for hydroxylation is 2. The zero-order valence-electron chi connectivity index (χ0n) is 13.0. The van der Waals surface area contributed by atoms with Crippen molar-refractivity contribution in [2.75, 3.05) is 0 Å². The van der Waals surface area contributed by atoms with E-state index in [-0.39, 0.29) is 0 Å². The van der Waals surface area contributed by atoms with E-state index < -0.39 is 0 Å². The second-order valence-electron chi connectivity index (χ2n) is 5.72. The van der Waals surface area contributed by atoms with Crippen molar-refractivity contribution in [1.29, 1.82) is 0 Å². The van der Waals surface area contributed by atoms with Crippen LogP contribution in [0.5, 0.6) is 11.5 Å². The van der Waals surface area contributed by atoms with E-state index in [0.29, 0.717) is 0 Å². The third-order valence-corrected chi connectivity index (χ3v) is 3.71. The molecule has 0 aliphatic carbocycles. The Hall–Kier alpha value is -2.54. The van der Waals surface area contributed by atoms with Crippen LogP contribution in [-0.2, 0) is 6.42 Å². The minimum Gasteiger partial charge on any atom is -0.457 e. The summed E-state index contributed by atoms with van der Waals surface area (Å²) in [4.78, 5) is 0. The summed E-state index contributed by atoms with van der Waals surface area (Å²) in [5, 5.41) is 0. The molecule has 22 heavy (non-hydrogen) atoms. The molecule has 1 nitrogen and oxygen atoms in total. The zero-order valence-corrected chi connectivity index (χ0v) is 13.0. The summed E-state index contributed by atoms with van der Waals surface area (Å²) < 4.78 is 5.85. The Bertz CT molecular complexity index is 656. The van der Waals surface area contributed by atoms with E-state index in [1.54, 1.807) is 0 Å². The van der Waals surface area contributed by atoms with Gasteiger partial charge in [0.2, 0.25) is 0 Å². The van der Waals surface area contributed by atoms with Gasteiger partial charge in [-0.25, -0.2) is 0 Å². The molecule has 1 heteroatoms. The van der Waals surface area contributed by atoms with E-state index in [1.165, 1.54) is 22.3 Å². The monoisotopic (exact) mass is 288 g/mol. The van der Waals surface area contributed by atoms with Crippen molar-refractivity contribution < 1.29 is 4.74 Å². The number of hydrogen-bond acceptors (Lipinski definition) is 1. The quantitative estimate of drug-likeness (QED) is 0.599. The molecule has 0 heterocycles. The van der Waals surface area contributed by atoms with Gasteiger partial charge in [-0.1, -0.05) is 59.7 Å². The van der Waals surface area contributed by atoms with Crippen LogP contribution >= 0.6 is 0 Å². The van der Waals surface area contributed by atoms with Gasteiger partial charge in [-0.2, -0.15) is 0 Å². The molecule has 0 fully saturated rings. The third kappa shape index (κ3) is 3.76. The molecule has 0 spiro atoms. The van der Waals surface area contributed by atoms with Crippen LogP contribution in [0.4, 0.5) is 0 Å². The maximum Gasteiger partial charge on any atom is 0.127 e. The standard InChI is InChI=1S/C21H20O/c1-16-3-7-18(8-4-16)15-19-9-13-21(14-10-19)22-20-11-5-17(2)6-12-20/h3-14H,15H2,1-2H3. The highest BCUT2D eigenvalue weighted by atomic mass is 16.5.